The number of carbonyl (C=O) groups excluding carboxylic acids is 2. The van der Waals surface area contributed by atoms with Gasteiger partial charge in [0.2, 0.25) is 5.91 Å². The minimum atomic E-state index is -0.410. The van der Waals surface area contributed by atoms with Gasteiger partial charge in [-0.1, -0.05) is 60.1 Å². The molecule has 0 saturated carbocycles. The number of aryl methyl sites for hydroxylation is 1. The van der Waals surface area contributed by atoms with Crippen LogP contribution >= 0.6 is 23.4 Å². The molecule has 1 heterocycles. The third-order valence-electron chi connectivity index (χ3n) is 3.62. The first kappa shape index (κ1) is 21.2. The average Bonchev–Trinajstić information content (AvgIpc) is 2.66. The van der Waals surface area contributed by atoms with Gasteiger partial charge in [-0.3, -0.25) is 9.59 Å². The molecule has 6 nitrogen and oxygen atoms in total. The molecule has 2 aromatic rings. The molecule has 0 atom stereocenters. The number of carbonyl (C=O) groups is 2. The number of halogens is 1. The van der Waals surface area contributed by atoms with Crippen LogP contribution in [0.2, 0.25) is 5.02 Å². The van der Waals surface area contributed by atoms with E-state index in [-0.39, 0.29) is 29.6 Å². The number of nitrogens with zero attached hydrogens (tertiary/aromatic N) is 2. The highest BCUT2D eigenvalue weighted by molar-refractivity contribution is 7.99. The maximum atomic E-state index is 12.3. The van der Waals surface area contributed by atoms with Crippen molar-refractivity contribution < 1.29 is 9.59 Å². The van der Waals surface area contributed by atoms with Gasteiger partial charge in [0.1, 0.15) is 0 Å². The zero-order valence-corrected chi connectivity index (χ0v) is 17.0. The van der Waals surface area contributed by atoms with Crippen molar-refractivity contribution in [1.82, 2.24) is 20.6 Å². The normalized spacial score (nSPS) is 10.5. The molecule has 0 spiro atoms. The Labute approximate surface area is 168 Å². The number of thioether (sulfide) groups is 1. The second-order valence-corrected chi connectivity index (χ2v) is 7.44. The summed E-state index contributed by atoms with van der Waals surface area (Å²) in [5.74, 6) is 0.319. The van der Waals surface area contributed by atoms with Crippen molar-refractivity contribution in [2.24, 2.45) is 0 Å². The molecule has 1 aromatic carbocycles. The molecule has 0 radical (unpaired) electrons. The van der Waals surface area contributed by atoms with E-state index in [1.807, 2.05) is 31.2 Å². The monoisotopic (exact) mass is 406 g/mol. The second kappa shape index (κ2) is 10.9. The number of hydrogen-bond acceptors (Lipinski definition) is 5. The number of hydrogen-bond donors (Lipinski definition) is 2. The summed E-state index contributed by atoms with van der Waals surface area (Å²) in [5, 5.41) is 6.21. The third kappa shape index (κ3) is 7.19. The van der Waals surface area contributed by atoms with E-state index in [0.717, 1.165) is 17.7 Å². The van der Waals surface area contributed by atoms with Gasteiger partial charge in [-0.25, -0.2) is 9.97 Å². The van der Waals surface area contributed by atoms with Crippen molar-refractivity contribution in [3.05, 3.63) is 52.3 Å². The molecular weight excluding hydrogens is 384 g/mol. The van der Waals surface area contributed by atoms with Crippen LogP contribution in [0.5, 0.6) is 0 Å². The lowest BCUT2D eigenvalue weighted by molar-refractivity contribution is -0.121. The molecule has 0 saturated heterocycles. The van der Waals surface area contributed by atoms with Crippen molar-refractivity contribution in [2.75, 3.05) is 12.3 Å². The summed E-state index contributed by atoms with van der Waals surface area (Å²) in [5.41, 5.74) is 2.33. The molecule has 0 aliphatic rings. The van der Waals surface area contributed by atoms with E-state index in [9.17, 15) is 9.59 Å². The molecule has 0 aliphatic heterocycles. The first-order valence-corrected chi connectivity index (χ1v) is 10.1. The maximum Gasteiger partial charge on any atom is 0.271 e. The summed E-state index contributed by atoms with van der Waals surface area (Å²) in [6.07, 6.45) is 2.59. The fourth-order valence-corrected chi connectivity index (χ4v) is 2.99. The Balaban J connectivity index is 1.78. The molecule has 1 aromatic heterocycles. The summed E-state index contributed by atoms with van der Waals surface area (Å²) < 4.78 is 0. The highest BCUT2D eigenvalue weighted by Gasteiger charge is 2.14. The van der Waals surface area contributed by atoms with Crippen molar-refractivity contribution in [2.45, 2.75) is 38.4 Å². The number of nitrogens with one attached hydrogen (secondary N) is 2. The Kier molecular flexibility index (Phi) is 8.54. The molecular formula is C19H23ClN4O2S. The molecule has 2 rings (SSSR count). The fourth-order valence-electron chi connectivity index (χ4n) is 2.14. The van der Waals surface area contributed by atoms with Gasteiger partial charge in [-0.2, -0.15) is 0 Å². The standard InChI is InChI=1S/C19H23ClN4O2S/c1-3-10-27-19-23-12-15(20)17(24-19)18(26)21-9-8-16(25)22-11-14-6-4-13(2)5-7-14/h4-7,12H,3,8-11H2,1-2H3,(H,21,26)(H,22,25). The predicted molar refractivity (Wildman–Crippen MR) is 108 cm³/mol. The lowest BCUT2D eigenvalue weighted by atomic mass is 10.1. The smallest absolute Gasteiger partial charge is 0.271 e. The van der Waals surface area contributed by atoms with E-state index in [1.54, 1.807) is 0 Å². The van der Waals surface area contributed by atoms with Crippen molar-refractivity contribution in [3.8, 4) is 0 Å². The van der Waals surface area contributed by atoms with Crippen molar-refractivity contribution in [3.63, 3.8) is 0 Å². The Hall–Kier alpha value is -2.12. The van der Waals surface area contributed by atoms with Crippen LogP contribution in [0.1, 0.15) is 41.4 Å². The Morgan fingerprint density at radius 3 is 2.63 bits per heavy atom. The van der Waals surface area contributed by atoms with E-state index in [1.165, 1.54) is 23.5 Å². The summed E-state index contributed by atoms with van der Waals surface area (Å²) in [4.78, 5) is 32.5. The van der Waals surface area contributed by atoms with Gasteiger partial charge in [0.15, 0.2) is 10.9 Å². The Bertz CT molecular complexity index is 784. The van der Waals surface area contributed by atoms with Crippen LogP contribution in [-0.2, 0) is 11.3 Å². The second-order valence-electron chi connectivity index (χ2n) is 5.97. The van der Waals surface area contributed by atoms with Gasteiger partial charge in [0, 0.05) is 25.3 Å². The zero-order chi connectivity index (χ0) is 19.6. The minimum Gasteiger partial charge on any atom is -0.352 e. The molecule has 0 unspecified atom stereocenters. The van der Waals surface area contributed by atoms with E-state index in [0.29, 0.717) is 11.7 Å². The van der Waals surface area contributed by atoms with E-state index in [2.05, 4.69) is 27.5 Å². The number of rotatable bonds is 9. The zero-order valence-electron chi connectivity index (χ0n) is 15.4. The summed E-state index contributed by atoms with van der Waals surface area (Å²) in [7, 11) is 0. The minimum absolute atomic E-state index is 0.130. The SMILES string of the molecule is CCCSc1ncc(Cl)c(C(=O)NCCC(=O)NCc2ccc(C)cc2)n1. The number of benzene rings is 1. The lowest BCUT2D eigenvalue weighted by Gasteiger charge is -2.08. The molecule has 8 heteroatoms. The molecule has 0 aliphatic carbocycles. The van der Waals surface area contributed by atoms with Crippen LogP contribution in [0.3, 0.4) is 0 Å². The van der Waals surface area contributed by atoms with Gasteiger partial charge in [-0.15, -0.1) is 0 Å². The summed E-state index contributed by atoms with van der Waals surface area (Å²) in [6, 6.07) is 7.95. The Morgan fingerprint density at radius 2 is 1.93 bits per heavy atom. The van der Waals surface area contributed by atoms with E-state index < -0.39 is 5.91 Å². The largest absolute Gasteiger partial charge is 0.352 e. The van der Waals surface area contributed by atoms with Gasteiger partial charge in [0.05, 0.1) is 11.2 Å². The van der Waals surface area contributed by atoms with Crippen LogP contribution < -0.4 is 10.6 Å². The quantitative estimate of drug-likeness (QED) is 0.492. The molecule has 0 bridgehead atoms. The average molecular weight is 407 g/mol. The topological polar surface area (TPSA) is 84.0 Å². The highest BCUT2D eigenvalue weighted by atomic mass is 35.5. The van der Waals surface area contributed by atoms with Crippen LogP contribution in [0, 0.1) is 6.92 Å². The highest BCUT2D eigenvalue weighted by Crippen LogP contribution is 2.18. The van der Waals surface area contributed by atoms with Gasteiger partial charge >= 0.3 is 0 Å². The maximum absolute atomic E-state index is 12.3. The molecule has 144 valence electrons. The number of aromatic nitrogens is 2. The molecule has 2 amide bonds. The Morgan fingerprint density at radius 1 is 1.19 bits per heavy atom. The van der Waals surface area contributed by atoms with Gasteiger partial charge < -0.3 is 10.6 Å². The molecule has 27 heavy (non-hydrogen) atoms. The number of amides is 2. The van der Waals surface area contributed by atoms with E-state index in [4.69, 9.17) is 11.6 Å². The third-order valence-corrected chi connectivity index (χ3v) is 4.96. The molecule has 0 fully saturated rings. The van der Waals surface area contributed by atoms with Crippen LogP contribution in [0.15, 0.2) is 35.6 Å². The van der Waals surface area contributed by atoms with Crippen LogP contribution in [-0.4, -0.2) is 34.1 Å². The summed E-state index contributed by atoms with van der Waals surface area (Å²) >= 11 is 7.49. The van der Waals surface area contributed by atoms with Crippen molar-refractivity contribution in [1.29, 1.82) is 0 Å². The fraction of sp³-hybridized carbons (Fsp3) is 0.368. The van der Waals surface area contributed by atoms with Crippen LogP contribution in [0.25, 0.3) is 0 Å². The van der Waals surface area contributed by atoms with E-state index >= 15 is 0 Å². The first-order chi connectivity index (χ1) is 13.0. The van der Waals surface area contributed by atoms with Gasteiger partial charge in [0.25, 0.3) is 5.91 Å². The summed E-state index contributed by atoms with van der Waals surface area (Å²) in [6.45, 7) is 4.74. The van der Waals surface area contributed by atoms with Crippen molar-refractivity contribution >= 4 is 35.2 Å². The van der Waals surface area contributed by atoms with Crippen LogP contribution in [0.4, 0.5) is 0 Å². The molecule has 2 N–H and O–H groups in total. The predicted octanol–water partition coefficient (Wildman–Crippen LogP) is 3.38. The first-order valence-electron chi connectivity index (χ1n) is 8.75. The lowest BCUT2D eigenvalue weighted by Crippen LogP contribution is -2.31. The van der Waals surface area contributed by atoms with Gasteiger partial charge in [-0.05, 0) is 18.9 Å².